The highest BCUT2D eigenvalue weighted by molar-refractivity contribution is 5.94. The Hall–Kier alpha value is -2.40. The summed E-state index contributed by atoms with van der Waals surface area (Å²) in [6, 6.07) is 11.7. The molecule has 1 aliphatic heterocycles. The van der Waals surface area contributed by atoms with Crippen LogP contribution in [-0.4, -0.2) is 23.6 Å². The molecule has 2 N–H and O–H groups in total. The van der Waals surface area contributed by atoms with Crippen molar-refractivity contribution in [2.45, 2.75) is 25.9 Å². The number of nitrogens with zero attached hydrogens (tertiary/aromatic N) is 1. The molecule has 0 radical (unpaired) electrons. The highest BCUT2D eigenvalue weighted by Gasteiger charge is 2.23. The lowest BCUT2D eigenvalue weighted by Crippen LogP contribution is -2.26. The van der Waals surface area contributed by atoms with Crippen molar-refractivity contribution in [2.24, 2.45) is 0 Å². The maximum Gasteiger partial charge on any atom is 0.253 e. The third-order valence-corrected chi connectivity index (χ3v) is 3.54. The Balaban J connectivity index is 1.61. The molecule has 2 aromatic rings. The molecule has 1 aromatic carbocycles. The summed E-state index contributed by atoms with van der Waals surface area (Å²) in [5, 5.41) is 6.06. The van der Waals surface area contributed by atoms with Gasteiger partial charge >= 0.3 is 0 Å². The number of ether oxygens (including phenoxy) is 1. The van der Waals surface area contributed by atoms with Gasteiger partial charge in [0.1, 0.15) is 11.9 Å². The topological polar surface area (TPSA) is 63.2 Å². The first-order chi connectivity index (χ1) is 10.7. The summed E-state index contributed by atoms with van der Waals surface area (Å²) in [6.45, 7) is 2.71. The average molecular weight is 297 g/mol. The van der Waals surface area contributed by atoms with Crippen molar-refractivity contribution >= 4 is 23.1 Å². The van der Waals surface area contributed by atoms with E-state index in [2.05, 4.69) is 21.7 Å². The quantitative estimate of drug-likeness (QED) is 0.909. The molecular weight excluding hydrogens is 278 g/mol. The summed E-state index contributed by atoms with van der Waals surface area (Å²) < 4.78 is 5.36. The van der Waals surface area contributed by atoms with Gasteiger partial charge in [0.15, 0.2) is 0 Å². The molecule has 0 aliphatic carbocycles. The second-order valence-electron chi connectivity index (χ2n) is 5.42. The van der Waals surface area contributed by atoms with Crippen LogP contribution in [0.1, 0.15) is 18.4 Å². The minimum atomic E-state index is -0.329. The van der Waals surface area contributed by atoms with Crippen molar-refractivity contribution in [3.63, 3.8) is 0 Å². The molecule has 0 saturated carbocycles. The van der Waals surface area contributed by atoms with Crippen molar-refractivity contribution in [3.8, 4) is 0 Å². The van der Waals surface area contributed by atoms with Crippen LogP contribution in [0.25, 0.3) is 0 Å². The lowest BCUT2D eigenvalue weighted by Gasteiger charge is -2.11. The van der Waals surface area contributed by atoms with Crippen LogP contribution in [0.2, 0.25) is 0 Å². The van der Waals surface area contributed by atoms with E-state index in [1.165, 1.54) is 5.56 Å². The number of hydrogen-bond acceptors (Lipinski definition) is 4. The first kappa shape index (κ1) is 14.5. The molecule has 3 rings (SSSR count). The predicted molar refractivity (Wildman–Crippen MR) is 86.3 cm³/mol. The van der Waals surface area contributed by atoms with Crippen molar-refractivity contribution in [1.82, 2.24) is 4.98 Å². The normalized spacial score (nSPS) is 17.2. The van der Waals surface area contributed by atoms with Crippen LogP contribution in [0.15, 0.2) is 42.6 Å². The zero-order valence-corrected chi connectivity index (χ0v) is 12.5. The van der Waals surface area contributed by atoms with Gasteiger partial charge in [0.25, 0.3) is 5.91 Å². The van der Waals surface area contributed by atoms with Crippen LogP contribution in [0.4, 0.5) is 17.2 Å². The number of amides is 1. The molecule has 1 fully saturated rings. The second kappa shape index (κ2) is 6.58. The van der Waals surface area contributed by atoms with E-state index in [-0.39, 0.29) is 12.0 Å². The van der Waals surface area contributed by atoms with Gasteiger partial charge in [-0.1, -0.05) is 12.1 Å². The van der Waals surface area contributed by atoms with Gasteiger partial charge in [-0.25, -0.2) is 4.98 Å². The Morgan fingerprint density at radius 1 is 1.27 bits per heavy atom. The van der Waals surface area contributed by atoms with Crippen LogP contribution in [-0.2, 0) is 9.53 Å². The molecule has 1 unspecified atom stereocenters. The lowest BCUT2D eigenvalue weighted by molar-refractivity contribution is -0.124. The number of carbonyl (C=O) groups is 1. The van der Waals surface area contributed by atoms with E-state index < -0.39 is 0 Å². The third kappa shape index (κ3) is 3.62. The molecule has 1 saturated heterocycles. The number of nitrogens with one attached hydrogen (secondary N) is 2. The fraction of sp³-hybridized carbons (Fsp3) is 0.294. The number of hydrogen-bond donors (Lipinski definition) is 2. The molecule has 1 amide bonds. The van der Waals surface area contributed by atoms with Crippen LogP contribution < -0.4 is 10.6 Å². The molecule has 2 heterocycles. The number of anilines is 3. The minimum absolute atomic E-state index is 0.0984. The molecule has 1 aromatic heterocycles. The summed E-state index contributed by atoms with van der Waals surface area (Å²) in [6.07, 6.45) is 3.04. The summed E-state index contributed by atoms with van der Waals surface area (Å²) in [7, 11) is 0. The Morgan fingerprint density at radius 3 is 2.86 bits per heavy atom. The number of benzene rings is 1. The van der Waals surface area contributed by atoms with Gasteiger partial charge in [0, 0.05) is 12.3 Å². The van der Waals surface area contributed by atoms with E-state index in [9.17, 15) is 4.79 Å². The highest BCUT2D eigenvalue weighted by atomic mass is 16.5. The molecule has 22 heavy (non-hydrogen) atoms. The summed E-state index contributed by atoms with van der Waals surface area (Å²) in [4.78, 5) is 16.3. The molecular formula is C17H19N3O2. The largest absolute Gasteiger partial charge is 0.368 e. The number of carbonyl (C=O) groups excluding carboxylic acids is 1. The van der Waals surface area contributed by atoms with Gasteiger partial charge in [0.2, 0.25) is 0 Å². The summed E-state index contributed by atoms with van der Waals surface area (Å²) in [5.41, 5.74) is 2.85. The van der Waals surface area contributed by atoms with Crippen molar-refractivity contribution in [1.29, 1.82) is 0 Å². The second-order valence-corrected chi connectivity index (χ2v) is 5.42. The minimum Gasteiger partial charge on any atom is -0.368 e. The number of rotatable bonds is 4. The Morgan fingerprint density at radius 2 is 2.18 bits per heavy atom. The first-order valence-electron chi connectivity index (χ1n) is 7.43. The average Bonchev–Trinajstić information content (AvgIpc) is 3.04. The van der Waals surface area contributed by atoms with Gasteiger partial charge in [0.05, 0.1) is 11.9 Å². The van der Waals surface area contributed by atoms with Gasteiger partial charge in [-0.3, -0.25) is 4.79 Å². The van der Waals surface area contributed by atoms with Crippen LogP contribution in [0.3, 0.4) is 0 Å². The molecule has 1 aliphatic rings. The summed E-state index contributed by atoms with van der Waals surface area (Å²) in [5.74, 6) is 0.638. The Labute approximate surface area is 129 Å². The van der Waals surface area contributed by atoms with Crippen LogP contribution in [0, 0.1) is 6.92 Å². The van der Waals surface area contributed by atoms with Crippen molar-refractivity contribution in [2.75, 3.05) is 17.2 Å². The fourth-order valence-electron chi connectivity index (χ4n) is 2.42. The maximum atomic E-state index is 11.9. The molecule has 5 nitrogen and oxygen atoms in total. The van der Waals surface area contributed by atoms with Gasteiger partial charge < -0.3 is 15.4 Å². The van der Waals surface area contributed by atoms with Gasteiger partial charge in [-0.05, 0) is 49.6 Å². The number of aryl methyl sites for hydroxylation is 1. The third-order valence-electron chi connectivity index (χ3n) is 3.54. The zero-order chi connectivity index (χ0) is 15.4. The lowest BCUT2D eigenvalue weighted by atomic mass is 10.2. The monoisotopic (exact) mass is 297 g/mol. The fourth-order valence-corrected chi connectivity index (χ4v) is 2.42. The van der Waals surface area contributed by atoms with E-state index in [0.29, 0.717) is 12.3 Å². The number of aromatic nitrogens is 1. The zero-order valence-electron chi connectivity index (χ0n) is 12.5. The molecule has 1 atom stereocenters. The van der Waals surface area contributed by atoms with Crippen molar-refractivity contribution < 1.29 is 9.53 Å². The van der Waals surface area contributed by atoms with E-state index in [1.807, 2.05) is 37.3 Å². The SMILES string of the molecule is Cc1cccc(Nc2ccc(NC(=O)C3CCCO3)cn2)c1. The maximum absolute atomic E-state index is 11.9. The van der Waals surface area contributed by atoms with Crippen LogP contribution in [0.5, 0.6) is 0 Å². The summed E-state index contributed by atoms with van der Waals surface area (Å²) >= 11 is 0. The van der Waals surface area contributed by atoms with Gasteiger partial charge in [-0.15, -0.1) is 0 Å². The van der Waals surface area contributed by atoms with E-state index in [4.69, 9.17) is 4.74 Å². The first-order valence-corrected chi connectivity index (χ1v) is 7.43. The highest BCUT2D eigenvalue weighted by Crippen LogP contribution is 2.18. The molecule has 0 spiro atoms. The molecule has 5 heteroatoms. The predicted octanol–water partition coefficient (Wildman–Crippen LogP) is 3.25. The van der Waals surface area contributed by atoms with Gasteiger partial charge in [-0.2, -0.15) is 0 Å². The standard InChI is InChI=1S/C17H19N3O2/c1-12-4-2-5-13(10-12)19-16-8-7-14(11-18-16)20-17(21)15-6-3-9-22-15/h2,4-5,7-8,10-11,15H,3,6,9H2,1H3,(H,18,19)(H,20,21). The molecule has 114 valence electrons. The smallest absolute Gasteiger partial charge is 0.253 e. The van der Waals surface area contributed by atoms with Crippen molar-refractivity contribution in [3.05, 3.63) is 48.2 Å². The Kier molecular flexibility index (Phi) is 4.34. The molecule has 0 bridgehead atoms. The van der Waals surface area contributed by atoms with Crippen LogP contribution >= 0.6 is 0 Å². The van der Waals surface area contributed by atoms with E-state index in [0.717, 1.165) is 24.3 Å². The van der Waals surface area contributed by atoms with E-state index in [1.54, 1.807) is 6.20 Å². The Bertz CT molecular complexity index is 649. The van der Waals surface area contributed by atoms with E-state index >= 15 is 0 Å². The number of pyridine rings is 1.